The predicted molar refractivity (Wildman–Crippen MR) is 148 cm³/mol. The van der Waals surface area contributed by atoms with Gasteiger partial charge in [-0.3, -0.25) is 14.9 Å². The highest BCUT2D eigenvalue weighted by molar-refractivity contribution is 5.74. The summed E-state index contributed by atoms with van der Waals surface area (Å²) in [5, 5.41) is 3.33. The first-order valence-electron chi connectivity index (χ1n) is 13.4. The number of carbonyl (C=O) groups excluding carboxylic acids is 1. The molecule has 0 saturated carbocycles. The second kappa shape index (κ2) is 11.2. The number of rotatable bonds is 7. The minimum absolute atomic E-state index is 0.0568. The van der Waals surface area contributed by atoms with E-state index in [1.54, 1.807) is 35.5 Å². The van der Waals surface area contributed by atoms with Crippen molar-refractivity contribution in [3.8, 4) is 5.95 Å². The van der Waals surface area contributed by atoms with Crippen molar-refractivity contribution in [1.82, 2.24) is 29.6 Å². The van der Waals surface area contributed by atoms with Gasteiger partial charge in [-0.1, -0.05) is 42.5 Å². The Balaban J connectivity index is 1.21. The van der Waals surface area contributed by atoms with Gasteiger partial charge < -0.3 is 14.6 Å². The molecular weight excluding hydrogens is 511 g/mol. The SMILES string of the molecule is O=C(OCc1ccccc1)N1CCC(c2[nH]n(-c3nc4ccncc4[nH]3)c(=O)c2CCc2ccc(F)cc2)CC1. The number of imidazole rings is 1. The maximum atomic E-state index is 13.7. The number of aromatic amines is 2. The van der Waals surface area contributed by atoms with Crippen LogP contribution in [-0.2, 0) is 24.2 Å². The molecule has 2 N–H and O–H groups in total. The quantitative estimate of drug-likeness (QED) is 0.306. The van der Waals surface area contributed by atoms with Gasteiger partial charge in [0.2, 0.25) is 5.95 Å². The van der Waals surface area contributed by atoms with Crippen molar-refractivity contribution >= 4 is 17.1 Å². The smallest absolute Gasteiger partial charge is 0.410 e. The molecule has 4 heterocycles. The molecule has 0 radical (unpaired) electrons. The van der Waals surface area contributed by atoms with E-state index in [1.807, 2.05) is 30.3 Å². The normalized spacial score (nSPS) is 14.1. The molecule has 1 aliphatic heterocycles. The molecule has 1 saturated heterocycles. The summed E-state index contributed by atoms with van der Waals surface area (Å²) in [5.74, 6) is 0.160. The second-order valence-electron chi connectivity index (χ2n) is 10.0. The average Bonchev–Trinajstić information content (AvgIpc) is 3.57. The van der Waals surface area contributed by atoms with Crippen molar-refractivity contribution in [2.24, 2.45) is 0 Å². The summed E-state index contributed by atoms with van der Waals surface area (Å²) in [5.41, 5.74) is 4.69. The van der Waals surface area contributed by atoms with Crippen molar-refractivity contribution < 1.29 is 13.9 Å². The van der Waals surface area contributed by atoms with Crippen LogP contribution in [0.3, 0.4) is 0 Å². The van der Waals surface area contributed by atoms with Crippen LogP contribution in [0.4, 0.5) is 9.18 Å². The van der Waals surface area contributed by atoms with Crippen LogP contribution in [0.2, 0.25) is 0 Å². The van der Waals surface area contributed by atoms with Crippen LogP contribution in [0.15, 0.2) is 77.9 Å². The molecule has 204 valence electrons. The number of nitrogens with one attached hydrogen (secondary N) is 2. The van der Waals surface area contributed by atoms with E-state index in [1.165, 1.54) is 16.8 Å². The summed E-state index contributed by atoms with van der Waals surface area (Å²) < 4.78 is 20.4. The number of halogens is 1. The Kier molecular flexibility index (Phi) is 7.13. The number of benzene rings is 2. The molecule has 0 aliphatic carbocycles. The van der Waals surface area contributed by atoms with E-state index in [0.29, 0.717) is 55.8 Å². The second-order valence-corrected chi connectivity index (χ2v) is 10.0. The van der Waals surface area contributed by atoms with Crippen molar-refractivity contribution in [2.75, 3.05) is 13.1 Å². The fourth-order valence-electron chi connectivity index (χ4n) is 5.25. The number of amides is 1. The third-order valence-corrected chi connectivity index (χ3v) is 7.44. The fourth-order valence-corrected chi connectivity index (χ4v) is 5.25. The molecule has 3 aromatic heterocycles. The average molecular weight is 541 g/mol. The fraction of sp³-hybridized carbons (Fsp3) is 0.267. The first-order valence-corrected chi connectivity index (χ1v) is 13.4. The highest BCUT2D eigenvalue weighted by Crippen LogP contribution is 2.30. The minimum atomic E-state index is -0.333. The number of hydrogen-bond donors (Lipinski definition) is 2. The van der Waals surface area contributed by atoms with Crippen molar-refractivity contribution in [3.05, 3.63) is 112 Å². The van der Waals surface area contributed by atoms with E-state index in [4.69, 9.17) is 4.74 Å². The molecule has 1 aliphatic rings. The molecule has 0 bridgehead atoms. The third-order valence-electron chi connectivity index (χ3n) is 7.44. The first kappa shape index (κ1) is 25.5. The Morgan fingerprint density at radius 2 is 1.77 bits per heavy atom. The van der Waals surface area contributed by atoms with E-state index in [2.05, 4.69) is 20.1 Å². The van der Waals surface area contributed by atoms with Gasteiger partial charge in [0, 0.05) is 36.5 Å². The van der Waals surface area contributed by atoms with Gasteiger partial charge in [0.1, 0.15) is 12.4 Å². The Hall–Kier alpha value is -4.73. The lowest BCUT2D eigenvalue weighted by atomic mass is 9.90. The number of aryl methyl sites for hydroxylation is 1. The zero-order chi connectivity index (χ0) is 27.5. The van der Waals surface area contributed by atoms with Crippen LogP contribution in [0.1, 0.15) is 41.1 Å². The van der Waals surface area contributed by atoms with Gasteiger partial charge in [0.15, 0.2) is 0 Å². The summed E-state index contributed by atoms with van der Waals surface area (Å²) in [6.45, 7) is 1.29. The van der Waals surface area contributed by atoms with Gasteiger partial charge in [-0.25, -0.2) is 14.2 Å². The summed E-state index contributed by atoms with van der Waals surface area (Å²) in [7, 11) is 0. The molecule has 9 nitrogen and oxygen atoms in total. The van der Waals surface area contributed by atoms with Crippen LogP contribution in [-0.4, -0.2) is 48.8 Å². The Labute approximate surface area is 229 Å². The monoisotopic (exact) mass is 540 g/mol. The molecule has 0 atom stereocenters. The topological polar surface area (TPSA) is 109 Å². The molecule has 1 amide bonds. The van der Waals surface area contributed by atoms with Gasteiger partial charge >= 0.3 is 6.09 Å². The number of H-pyrrole nitrogens is 2. The summed E-state index contributed by atoms with van der Waals surface area (Å²) in [6, 6.07) is 17.7. The number of likely N-dealkylation sites (tertiary alicyclic amines) is 1. The number of ether oxygens (including phenoxy) is 1. The first-order chi connectivity index (χ1) is 19.5. The van der Waals surface area contributed by atoms with Crippen LogP contribution >= 0.6 is 0 Å². The Bertz CT molecular complexity index is 1630. The number of hydrogen-bond acceptors (Lipinski definition) is 5. The van der Waals surface area contributed by atoms with Gasteiger partial charge in [-0.15, -0.1) is 0 Å². The summed E-state index contributed by atoms with van der Waals surface area (Å²) in [4.78, 5) is 40.0. The van der Waals surface area contributed by atoms with Gasteiger partial charge in [-0.2, -0.15) is 4.68 Å². The number of nitrogens with zero attached hydrogens (tertiary/aromatic N) is 4. The number of aromatic nitrogens is 5. The van der Waals surface area contributed by atoms with Crippen LogP contribution in [0.25, 0.3) is 17.0 Å². The largest absolute Gasteiger partial charge is 0.445 e. The number of piperidine rings is 1. The molecule has 10 heteroatoms. The molecule has 5 aromatic rings. The van der Waals surface area contributed by atoms with E-state index in [-0.39, 0.29) is 30.0 Å². The van der Waals surface area contributed by atoms with Gasteiger partial charge in [0.25, 0.3) is 5.56 Å². The van der Waals surface area contributed by atoms with E-state index in [9.17, 15) is 14.0 Å². The highest BCUT2D eigenvalue weighted by atomic mass is 19.1. The maximum Gasteiger partial charge on any atom is 0.410 e. The van der Waals surface area contributed by atoms with Gasteiger partial charge in [0.05, 0.1) is 17.2 Å². The molecule has 40 heavy (non-hydrogen) atoms. The Morgan fingerprint density at radius 3 is 2.52 bits per heavy atom. The summed E-state index contributed by atoms with van der Waals surface area (Å²) in [6.07, 6.45) is 5.45. The lowest BCUT2D eigenvalue weighted by Crippen LogP contribution is -2.38. The molecule has 2 aromatic carbocycles. The van der Waals surface area contributed by atoms with Crippen molar-refractivity contribution in [2.45, 2.75) is 38.2 Å². The van der Waals surface area contributed by atoms with Crippen molar-refractivity contribution in [3.63, 3.8) is 0 Å². The van der Waals surface area contributed by atoms with Gasteiger partial charge in [-0.05, 0) is 55.0 Å². The number of pyridine rings is 1. The lowest BCUT2D eigenvalue weighted by Gasteiger charge is -2.31. The molecule has 0 spiro atoms. The zero-order valence-electron chi connectivity index (χ0n) is 21.8. The van der Waals surface area contributed by atoms with Crippen LogP contribution < -0.4 is 5.56 Å². The van der Waals surface area contributed by atoms with Crippen molar-refractivity contribution in [1.29, 1.82) is 0 Å². The predicted octanol–water partition coefficient (Wildman–Crippen LogP) is 4.88. The summed E-state index contributed by atoms with van der Waals surface area (Å²) >= 11 is 0. The van der Waals surface area contributed by atoms with Crippen LogP contribution in [0.5, 0.6) is 0 Å². The highest BCUT2D eigenvalue weighted by Gasteiger charge is 2.29. The maximum absolute atomic E-state index is 13.7. The standard InChI is InChI=1S/C30H29FN6O3/c31-23-9-6-20(7-10-23)8-11-24-27(35-37(28(24)38)29-33-25-12-15-32-18-26(25)34-29)22-13-16-36(17-14-22)30(39)40-19-21-4-2-1-3-5-21/h1-7,9-10,12,15,18,22,35H,8,11,13-14,16-17,19H2,(H,33,34). The van der Waals surface area contributed by atoms with Crippen LogP contribution in [0, 0.1) is 5.82 Å². The minimum Gasteiger partial charge on any atom is -0.445 e. The zero-order valence-corrected chi connectivity index (χ0v) is 21.8. The molecule has 1 fully saturated rings. The molecule has 0 unspecified atom stereocenters. The number of fused-ring (bicyclic) bond motifs is 1. The van der Waals surface area contributed by atoms with E-state index in [0.717, 1.165) is 22.3 Å². The molecular formula is C30H29FN6O3. The third kappa shape index (κ3) is 5.38. The Morgan fingerprint density at radius 1 is 1.00 bits per heavy atom. The number of carbonyl (C=O) groups is 1. The van der Waals surface area contributed by atoms with E-state index < -0.39 is 0 Å². The lowest BCUT2D eigenvalue weighted by molar-refractivity contribution is 0.0868. The van der Waals surface area contributed by atoms with E-state index >= 15 is 0 Å². The molecule has 6 rings (SSSR count).